The largest absolute Gasteiger partial charge is 0.456 e. The molecule has 28 rings (SSSR count). The first-order valence-electron chi connectivity index (χ1n) is 47.8. The van der Waals surface area contributed by atoms with Crippen molar-refractivity contribution in [1.82, 2.24) is 23.7 Å². The van der Waals surface area contributed by atoms with Crippen LogP contribution in [0.5, 0.6) is 0 Å². The number of benzene rings is 21. The molecule has 0 amide bonds. The molecule has 7 aromatic heterocycles. The van der Waals surface area contributed by atoms with Crippen molar-refractivity contribution in [2.24, 2.45) is 0 Å². The summed E-state index contributed by atoms with van der Waals surface area (Å²) < 4.78 is 26.2. The minimum atomic E-state index is 0.544. The third-order valence-electron chi connectivity index (χ3n) is 28.2. The summed E-state index contributed by atoms with van der Waals surface area (Å²) in [6.45, 7) is 0. The summed E-state index contributed by atoms with van der Waals surface area (Å²) in [6, 6.07) is 179. The smallest absolute Gasteiger partial charge is 0.160 e. The fourth-order valence-corrected chi connectivity index (χ4v) is 21.6. The summed E-state index contributed by atoms with van der Waals surface area (Å²) >= 11 is 0. The maximum absolute atomic E-state index is 6.36. The summed E-state index contributed by atoms with van der Waals surface area (Å²) in [7, 11) is 0. The van der Waals surface area contributed by atoms with E-state index in [9.17, 15) is 0 Å². The number of hydrogen-bond donors (Lipinski definition) is 0. The highest BCUT2D eigenvalue weighted by atomic mass is 16.3. The predicted molar refractivity (Wildman–Crippen MR) is 584 cm³/mol. The fraction of sp³-hybridized carbons (Fsp3) is 0. The van der Waals surface area contributed by atoms with Crippen molar-refractivity contribution in [2.75, 3.05) is 14.7 Å². The molecule has 0 aliphatic heterocycles. The molecule has 7 heterocycles. The van der Waals surface area contributed by atoms with Crippen molar-refractivity contribution in [1.29, 1.82) is 0 Å². The molecule has 660 valence electrons. The number of furan rings is 3. The van der Waals surface area contributed by atoms with Crippen LogP contribution in [0.4, 0.5) is 51.2 Å². The van der Waals surface area contributed by atoms with Gasteiger partial charge in [-0.15, -0.1) is 0 Å². The second-order valence-corrected chi connectivity index (χ2v) is 36.4. The van der Waals surface area contributed by atoms with Gasteiger partial charge in [-0.05, 0) is 276 Å². The van der Waals surface area contributed by atoms with E-state index in [-0.39, 0.29) is 0 Å². The Kier molecular flexibility index (Phi) is 18.7. The van der Waals surface area contributed by atoms with E-state index in [4.69, 9.17) is 23.2 Å². The lowest BCUT2D eigenvalue weighted by Gasteiger charge is -2.27. The van der Waals surface area contributed by atoms with Crippen molar-refractivity contribution in [2.45, 2.75) is 0 Å². The van der Waals surface area contributed by atoms with Crippen LogP contribution in [0.2, 0.25) is 0 Å². The molecule has 0 saturated heterocycles. The number of nitrogens with zero attached hydrogens (tertiary/aromatic N) is 8. The summed E-state index contributed by atoms with van der Waals surface area (Å²) in [5.74, 6) is 0.544. The number of para-hydroxylation sites is 9. The molecule has 0 atom stereocenters. The van der Waals surface area contributed by atoms with E-state index in [1.807, 2.05) is 36.4 Å². The Hall–Kier alpha value is -19.1. The standard InChI is InChI=1S/C130H82N8O3/c1-4-28-92(29-5-1)136-118-43-16-10-37-104(118)110-79-101(64-67-121(110)136)133(95-58-49-83(50-59-95)86-55-70-127-113(76-86)107-40-13-19-46-124(107)139-127)98-34-22-25-89(73-98)116-82-117(90-26-23-35-99(74-90)134(96-60-51-84(52-61-96)87-56-71-128-114(77-87)108-41-14-20-47-125(108)140-128)102-65-68-122-111(80-102)105-38-11-17-44-119(105)137(122)93-30-6-2-7-31-93)132-130(131-116)91-27-24-36-100(75-91)135(97-62-53-85(54-63-97)88-57-72-129-115(78-88)109-42-15-21-48-126(109)141-129)103-66-69-123-112(81-103)106-39-12-18-45-120(106)138(123)94-32-8-3-9-33-94/h1-82H. The minimum Gasteiger partial charge on any atom is -0.456 e. The first-order valence-corrected chi connectivity index (χ1v) is 47.8. The second kappa shape index (κ2) is 32.9. The van der Waals surface area contributed by atoms with Crippen LogP contribution < -0.4 is 14.7 Å². The van der Waals surface area contributed by atoms with Crippen molar-refractivity contribution < 1.29 is 13.3 Å². The van der Waals surface area contributed by atoms with Crippen molar-refractivity contribution in [3.05, 3.63) is 497 Å². The Balaban J connectivity index is 0.630. The molecule has 0 aliphatic rings. The van der Waals surface area contributed by atoms with Gasteiger partial charge in [-0.1, -0.05) is 255 Å². The topological polar surface area (TPSA) is 89.7 Å². The molecule has 0 fully saturated rings. The van der Waals surface area contributed by atoms with Gasteiger partial charge < -0.3 is 41.7 Å². The molecular formula is C130H82N8O3. The Bertz CT molecular complexity index is 8930. The lowest BCUT2D eigenvalue weighted by molar-refractivity contribution is 0.668. The summed E-state index contributed by atoms with van der Waals surface area (Å²) in [5, 5.41) is 13.4. The highest BCUT2D eigenvalue weighted by Gasteiger charge is 2.27. The van der Waals surface area contributed by atoms with Gasteiger partial charge in [0, 0.05) is 150 Å². The first-order chi connectivity index (χ1) is 69.8. The monoisotopic (exact) mass is 1800 g/mol. The Morgan fingerprint density at radius 3 is 0.738 bits per heavy atom. The quantitative estimate of drug-likeness (QED) is 0.0839. The van der Waals surface area contributed by atoms with Crippen LogP contribution in [-0.2, 0) is 0 Å². The van der Waals surface area contributed by atoms with Crippen LogP contribution in [0.3, 0.4) is 0 Å². The number of anilines is 9. The van der Waals surface area contributed by atoms with E-state index in [0.717, 1.165) is 261 Å². The average Bonchev–Trinajstić information content (AvgIpc) is 1.58. The number of fused-ring (bicyclic) bond motifs is 18. The van der Waals surface area contributed by atoms with Gasteiger partial charge in [-0.2, -0.15) is 0 Å². The molecule has 0 bridgehead atoms. The van der Waals surface area contributed by atoms with Crippen molar-refractivity contribution >= 4 is 182 Å². The van der Waals surface area contributed by atoms with Crippen LogP contribution in [-0.4, -0.2) is 23.7 Å². The lowest BCUT2D eigenvalue weighted by atomic mass is 10.0. The highest BCUT2D eigenvalue weighted by molar-refractivity contribution is 6.15. The van der Waals surface area contributed by atoms with E-state index in [1.54, 1.807) is 0 Å². The molecule has 0 unspecified atom stereocenters. The zero-order valence-electron chi connectivity index (χ0n) is 76.1. The van der Waals surface area contributed by atoms with Crippen molar-refractivity contribution in [3.63, 3.8) is 0 Å². The normalized spacial score (nSPS) is 11.8. The first kappa shape index (κ1) is 80.4. The van der Waals surface area contributed by atoms with Gasteiger partial charge in [0.2, 0.25) is 0 Å². The molecule has 0 aliphatic carbocycles. The fourth-order valence-electron chi connectivity index (χ4n) is 21.6. The third kappa shape index (κ3) is 13.7. The molecule has 0 saturated carbocycles. The third-order valence-corrected chi connectivity index (χ3v) is 28.2. The van der Waals surface area contributed by atoms with Crippen LogP contribution in [0, 0.1) is 0 Å². The molecule has 0 radical (unpaired) electrons. The van der Waals surface area contributed by atoms with Gasteiger partial charge in [0.1, 0.15) is 33.5 Å². The maximum atomic E-state index is 6.36. The number of aromatic nitrogens is 5. The van der Waals surface area contributed by atoms with E-state index >= 15 is 0 Å². The van der Waals surface area contributed by atoms with Crippen molar-refractivity contribution in [3.8, 4) is 84.3 Å². The highest BCUT2D eigenvalue weighted by Crippen LogP contribution is 2.49. The number of hydrogen-bond acceptors (Lipinski definition) is 8. The van der Waals surface area contributed by atoms with Crippen LogP contribution >= 0.6 is 0 Å². The predicted octanol–water partition coefficient (Wildman–Crippen LogP) is 35.9. The van der Waals surface area contributed by atoms with E-state index in [1.165, 1.54) is 0 Å². The zero-order chi connectivity index (χ0) is 92.7. The van der Waals surface area contributed by atoms with Gasteiger partial charge >= 0.3 is 0 Å². The minimum absolute atomic E-state index is 0.544. The van der Waals surface area contributed by atoms with E-state index < -0.39 is 0 Å². The summed E-state index contributed by atoms with van der Waals surface area (Å²) in [6.07, 6.45) is 0. The maximum Gasteiger partial charge on any atom is 0.160 e. The van der Waals surface area contributed by atoms with Crippen LogP contribution in [0.15, 0.2) is 511 Å². The Morgan fingerprint density at radius 2 is 0.404 bits per heavy atom. The zero-order valence-corrected chi connectivity index (χ0v) is 76.1. The van der Waals surface area contributed by atoms with Gasteiger partial charge in [-0.25, -0.2) is 9.97 Å². The van der Waals surface area contributed by atoms with Gasteiger partial charge in [0.15, 0.2) is 5.82 Å². The Morgan fingerprint density at radius 1 is 0.149 bits per heavy atom. The second-order valence-electron chi connectivity index (χ2n) is 36.4. The molecular weight excluding hydrogens is 1720 g/mol. The van der Waals surface area contributed by atoms with Gasteiger partial charge in [0.05, 0.1) is 44.5 Å². The Labute approximate surface area is 810 Å². The van der Waals surface area contributed by atoms with Gasteiger partial charge in [-0.3, -0.25) is 0 Å². The molecule has 0 spiro atoms. The molecule has 11 heteroatoms. The summed E-state index contributed by atoms with van der Waals surface area (Å²) in [5.41, 5.74) is 34.4. The van der Waals surface area contributed by atoms with Crippen LogP contribution in [0.1, 0.15) is 0 Å². The van der Waals surface area contributed by atoms with E-state index in [0.29, 0.717) is 5.82 Å². The van der Waals surface area contributed by atoms with E-state index in [2.05, 4.69) is 489 Å². The van der Waals surface area contributed by atoms with Crippen LogP contribution in [0.25, 0.3) is 216 Å². The number of rotatable bonds is 18. The summed E-state index contributed by atoms with van der Waals surface area (Å²) in [4.78, 5) is 18.9. The molecule has 11 nitrogen and oxygen atoms in total. The molecule has 0 N–H and O–H groups in total. The lowest BCUT2D eigenvalue weighted by Crippen LogP contribution is -2.10. The average molecular weight is 1800 g/mol. The molecule has 21 aromatic carbocycles. The van der Waals surface area contributed by atoms with Gasteiger partial charge in [0.25, 0.3) is 0 Å². The molecule has 141 heavy (non-hydrogen) atoms. The SMILES string of the molecule is c1ccc(-n2c3ccccc3c3cc(N(c4ccc(-c5ccc6oc7ccccc7c6c5)cc4)c4cccc(-c5cc(-c6cccc(N(c7ccc(-c8ccc9oc%10ccccc%10c9c8)cc7)c7ccc8c(c7)c7ccccc7n8-c7ccccc7)c6)nc(-c6cccc(N(c7ccc(-c8ccc9oc%10ccccc%10c9c8)cc7)c7ccc8c(c7)c7ccccc7n8-c7ccccc7)c6)n5)c4)ccc32)cc1. The molecule has 28 aromatic rings.